The summed E-state index contributed by atoms with van der Waals surface area (Å²) >= 11 is 1.78. The molecule has 0 fully saturated rings. The van der Waals surface area contributed by atoms with E-state index in [0.717, 1.165) is 17.9 Å². The smallest absolute Gasteiger partial charge is 0.323 e. The Morgan fingerprint density at radius 3 is 2.69 bits per heavy atom. The molecule has 0 aromatic heterocycles. The van der Waals surface area contributed by atoms with Gasteiger partial charge in [0.05, 0.1) is 6.61 Å². The number of hydrogen-bond acceptors (Lipinski definition) is 4. The Morgan fingerprint density at radius 2 is 2.23 bits per heavy atom. The van der Waals surface area contributed by atoms with Crippen LogP contribution in [0.1, 0.15) is 20.3 Å². The average Bonchev–Trinajstić information content (AvgIpc) is 2.13. The molecule has 78 valence electrons. The molecule has 0 saturated heterocycles. The number of rotatable bonds is 7. The van der Waals surface area contributed by atoms with Gasteiger partial charge in [-0.15, -0.1) is 0 Å². The lowest BCUT2D eigenvalue weighted by atomic mass is 10.3. The molecule has 0 heterocycles. The van der Waals surface area contributed by atoms with E-state index < -0.39 is 0 Å². The number of nitrogens with one attached hydrogen (secondary N) is 1. The fourth-order valence-electron chi connectivity index (χ4n) is 0.858. The number of carbonyl (C=O) groups is 1. The molecule has 1 N–H and O–H groups in total. The van der Waals surface area contributed by atoms with Crippen LogP contribution >= 0.6 is 11.8 Å². The molecule has 0 amide bonds. The second kappa shape index (κ2) is 8.38. The Balaban J connectivity index is 3.67. The summed E-state index contributed by atoms with van der Waals surface area (Å²) in [5.41, 5.74) is 0. The Kier molecular flexibility index (Phi) is 8.24. The lowest BCUT2D eigenvalue weighted by molar-refractivity contribution is -0.144. The normalized spacial score (nSPS) is 12.5. The number of ether oxygens (including phenoxy) is 1. The highest BCUT2D eigenvalue weighted by atomic mass is 32.2. The van der Waals surface area contributed by atoms with Crippen LogP contribution in [0.4, 0.5) is 0 Å². The zero-order chi connectivity index (χ0) is 10.1. The van der Waals surface area contributed by atoms with Crippen molar-refractivity contribution in [3.8, 4) is 0 Å². The molecular formula is C9H19NO2S. The first-order valence-electron chi connectivity index (χ1n) is 4.67. The number of likely N-dealkylation sites (N-methyl/N-ethyl adjacent to an activating group) is 1. The van der Waals surface area contributed by atoms with E-state index in [1.165, 1.54) is 0 Å². The van der Waals surface area contributed by atoms with Gasteiger partial charge in [-0.2, -0.15) is 11.8 Å². The summed E-state index contributed by atoms with van der Waals surface area (Å²) in [6, 6.07) is -0.156. The Bertz CT molecular complexity index is 142. The van der Waals surface area contributed by atoms with E-state index in [-0.39, 0.29) is 12.0 Å². The van der Waals surface area contributed by atoms with E-state index in [9.17, 15) is 4.79 Å². The molecule has 4 heteroatoms. The lowest BCUT2D eigenvalue weighted by Crippen LogP contribution is -2.37. The summed E-state index contributed by atoms with van der Waals surface area (Å²) in [5, 5.41) is 2.95. The Labute approximate surface area is 84.6 Å². The van der Waals surface area contributed by atoms with Crippen LogP contribution < -0.4 is 5.32 Å². The molecule has 0 bridgehead atoms. The third-order valence-corrected chi connectivity index (χ3v) is 2.82. The molecule has 0 saturated carbocycles. The monoisotopic (exact) mass is 205 g/mol. The first kappa shape index (κ1) is 12.8. The van der Waals surface area contributed by atoms with Gasteiger partial charge in [0.2, 0.25) is 0 Å². The van der Waals surface area contributed by atoms with Gasteiger partial charge in [0, 0.05) is 5.75 Å². The van der Waals surface area contributed by atoms with Crippen LogP contribution in [-0.2, 0) is 9.53 Å². The predicted molar refractivity (Wildman–Crippen MR) is 57.1 cm³/mol. The van der Waals surface area contributed by atoms with Crippen LogP contribution in [-0.4, -0.2) is 37.2 Å². The SMILES string of the molecule is CCCSCC(NC)C(=O)OCC. The van der Waals surface area contributed by atoms with Crippen molar-refractivity contribution in [2.24, 2.45) is 0 Å². The summed E-state index contributed by atoms with van der Waals surface area (Å²) in [7, 11) is 1.79. The maximum Gasteiger partial charge on any atom is 0.323 e. The van der Waals surface area contributed by atoms with Crippen LogP contribution in [0.2, 0.25) is 0 Å². The highest BCUT2D eigenvalue weighted by Gasteiger charge is 2.16. The Morgan fingerprint density at radius 1 is 1.54 bits per heavy atom. The van der Waals surface area contributed by atoms with Crippen molar-refractivity contribution in [2.45, 2.75) is 26.3 Å². The predicted octanol–water partition coefficient (Wildman–Crippen LogP) is 1.28. The van der Waals surface area contributed by atoms with Crippen molar-refractivity contribution in [3.05, 3.63) is 0 Å². The van der Waals surface area contributed by atoms with Crippen molar-refractivity contribution in [1.29, 1.82) is 0 Å². The topological polar surface area (TPSA) is 38.3 Å². The quantitative estimate of drug-likeness (QED) is 0.502. The van der Waals surface area contributed by atoms with Crippen LogP contribution in [0.15, 0.2) is 0 Å². The van der Waals surface area contributed by atoms with E-state index in [4.69, 9.17) is 4.74 Å². The van der Waals surface area contributed by atoms with E-state index in [2.05, 4.69) is 12.2 Å². The third-order valence-electron chi connectivity index (χ3n) is 1.55. The average molecular weight is 205 g/mol. The van der Waals surface area contributed by atoms with Crippen molar-refractivity contribution < 1.29 is 9.53 Å². The molecule has 0 aromatic rings. The van der Waals surface area contributed by atoms with Crippen LogP contribution in [0, 0.1) is 0 Å². The summed E-state index contributed by atoms with van der Waals surface area (Å²) in [5.74, 6) is 1.74. The van der Waals surface area contributed by atoms with Crippen molar-refractivity contribution in [3.63, 3.8) is 0 Å². The fraction of sp³-hybridized carbons (Fsp3) is 0.889. The summed E-state index contributed by atoms with van der Waals surface area (Å²) < 4.78 is 4.91. The van der Waals surface area contributed by atoms with Gasteiger partial charge < -0.3 is 10.1 Å². The number of hydrogen-bond donors (Lipinski definition) is 1. The molecule has 0 aliphatic carbocycles. The molecule has 0 aliphatic heterocycles. The lowest BCUT2D eigenvalue weighted by Gasteiger charge is -2.13. The second-order valence-electron chi connectivity index (χ2n) is 2.67. The van der Waals surface area contributed by atoms with Gasteiger partial charge in [-0.25, -0.2) is 0 Å². The first-order valence-corrected chi connectivity index (χ1v) is 5.83. The van der Waals surface area contributed by atoms with E-state index in [1.54, 1.807) is 18.8 Å². The summed E-state index contributed by atoms with van der Waals surface area (Å²) in [6.45, 7) is 4.41. The van der Waals surface area contributed by atoms with Gasteiger partial charge in [0.15, 0.2) is 0 Å². The highest BCUT2D eigenvalue weighted by molar-refractivity contribution is 7.99. The van der Waals surface area contributed by atoms with Crippen molar-refractivity contribution in [2.75, 3.05) is 25.2 Å². The van der Waals surface area contributed by atoms with Crippen molar-refractivity contribution in [1.82, 2.24) is 5.32 Å². The van der Waals surface area contributed by atoms with Crippen LogP contribution in [0.3, 0.4) is 0 Å². The van der Waals surface area contributed by atoms with E-state index in [1.807, 2.05) is 6.92 Å². The number of carbonyl (C=O) groups excluding carboxylic acids is 1. The minimum atomic E-state index is -0.156. The molecule has 13 heavy (non-hydrogen) atoms. The second-order valence-corrected chi connectivity index (χ2v) is 3.82. The molecule has 0 rings (SSSR count). The Hall–Kier alpha value is -0.220. The number of thioether (sulfide) groups is 1. The fourth-order valence-corrected chi connectivity index (χ4v) is 1.85. The highest BCUT2D eigenvalue weighted by Crippen LogP contribution is 2.05. The van der Waals surface area contributed by atoms with Crippen LogP contribution in [0.25, 0.3) is 0 Å². The van der Waals surface area contributed by atoms with Gasteiger partial charge >= 0.3 is 5.97 Å². The van der Waals surface area contributed by atoms with Gasteiger partial charge in [-0.05, 0) is 26.1 Å². The molecule has 3 nitrogen and oxygen atoms in total. The summed E-state index contributed by atoms with van der Waals surface area (Å²) in [6.07, 6.45) is 1.14. The molecule has 0 radical (unpaired) electrons. The molecule has 1 atom stereocenters. The van der Waals surface area contributed by atoms with Gasteiger partial charge in [-0.3, -0.25) is 4.79 Å². The van der Waals surface area contributed by atoms with E-state index in [0.29, 0.717) is 6.61 Å². The molecule has 0 aliphatic rings. The standard InChI is InChI=1S/C9H19NO2S/c1-4-6-13-7-8(10-3)9(11)12-5-2/h8,10H,4-7H2,1-3H3. The molecular weight excluding hydrogens is 186 g/mol. The number of esters is 1. The molecule has 1 unspecified atom stereocenters. The zero-order valence-corrected chi connectivity index (χ0v) is 9.45. The third kappa shape index (κ3) is 5.93. The largest absolute Gasteiger partial charge is 0.465 e. The minimum Gasteiger partial charge on any atom is -0.465 e. The maximum absolute atomic E-state index is 11.3. The van der Waals surface area contributed by atoms with Gasteiger partial charge in [0.1, 0.15) is 6.04 Å². The molecule has 0 aromatic carbocycles. The maximum atomic E-state index is 11.3. The van der Waals surface area contributed by atoms with Crippen molar-refractivity contribution >= 4 is 17.7 Å². The van der Waals surface area contributed by atoms with Gasteiger partial charge in [0.25, 0.3) is 0 Å². The van der Waals surface area contributed by atoms with Gasteiger partial charge in [-0.1, -0.05) is 6.92 Å². The van der Waals surface area contributed by atoms with Crippen LogP contribution in [0.5, 0.6) is 0 Å². The minimum absolute atomic E-state index is 0.145. The van der Waals surface area contributed by atoms with E-state index >= 15 is 0 Å². The summed E-state index contributed by atoms with van der Waals surface area (Å²) in [4.78, 5) is 11.3. The molecule has 0 spiro atoms. The zero-order valence-electron chi connectivity index (χ0n) is 8.63. The first-order chi connectivity index (χ1) is 6.26.